The van der Waals surface area contributed by atoms with Crippen molar-refractivity contribution in [3.05, 3.63) is 35.2 Å². The van der Waals surface area contributed by atoms with Gasteiger partial charge in [0.2, 0.25) is 0 Å². The van der Waals surface area contributed by atoms with Crippen LogP contribution >= 0.6 is 0 Å². The fourth-order valence-corrected chi connectivity index (χ4v) is 2.38. The third-order valence-corrected chi connectivity index (χ3v) is 3.48. The number of esters is 1. The van der Waals surface area contributed by atoms with E-state index in [2.05, 4.69) is 21.1 Å². The minimum atomic E-state index is -0.321. The molecule has 0 bridgehead atoms. The van der Waals surface area contributed by atoms with Gasteiger partial charge in [-0.1, -0.05) is 11.6 Å². The molecule has 4 nitrogen and oxygen atoms in total. The third-order valence-electron chi connectivity index (χ3n) is 3.48. The highest BCUT2D eigenvalue weighted by Crippen LogP contribution is 2.19. The van der Waals surface area contributed by atoms with Crippen LogP contribution in [0.25, 0.3) is 0 Å². The minimum absolute atomic E-state index is 0.321. The summed E-state index contributed by atoms with van der Waals surface area (Å²) >= 11 is 0. The van der Waals surface area contributed by atoms with E-state index in [0.717, 1.165) is 25.2 Å². The molecule has 0 amide bonds. The monoisotopic (exact) mass is 262 g/mol. The van der Waals surface area contributed by atoms with Crippen molar-refractivity contribution in [2.45, 2.75) is 38.6 Å². The molecule has 0 aromatic carbocycles. The van der Waals surface area contributed by atoms with E-state index in [4.69, 9.17) is 0 Å². The van der Waals surface area contributed by atoms with E-state index in [1.807, 2.05) is 6.07 Å². The summed E-state index contributed by atoms with van der Waals surface area (Å²) in [5, 5.41) is 3.40. The molecule has 0 spiro atoms. The smallest absolute Gasteiger partial charge is 0.354 e. The Morgan fingerprint density at radius 2 is 2.32 bits per heavy atom. The second-order valence-corrected chi connectivity index (χ2v) is 4.92. The van der Waals surface area contributed by atoms with E-state index in [9.17, 15) is 4.79 Å². The number of nitrogens with one attached hydrogen (secondary N) is 2. The largest absolute Gasteiger partial charge is 0.464 e. The molecule has 0 aliphatic heterocycles. The van der Waals surface area contributed by atoms with Crippen LogP contribution in [0.5, 0.6) is 0 Å². The van der Waals surface area contributed by atoms with Crippen molar-refractivity contribution >= 4 is 5.97 Å². The number of methoxy groups -OCH3 is 1. The maximum Gasteiger partial charge on any atom is 0.354 e. The Hall–Kier alpha value is -1.55. The molecule has 104 valence electrons. The number of hydrogen-bond donors (Lipinski definition) is 2. The number of ether oxygens (including phenoxy) is 1. The van der Waals surface area contributed by atoms with Gasteiger partial charge in [0.15, 0.2) is 0 Å². The van der Waals surface area contributed by atoms with Crippen LogP contribution in [-0.4, -0.2) is 24.6 Å². The first kappa shape index (κ1) is 13.9. The van der Waals surface area contributed by atoms with Crippen molar-refractivity contribution in [1.29, 1.82) is 0 Å². The lowest BCUT2D eigenvalue weighted by molar-refractivity contribution is 0.0594. The van der Waals surface area contributed by atoms with E-state index in [-0.39, 0.29) is 5.97 Å². The SMILES string of the molecule is COC(=O)c1ccc(CNCCC2=CCCCC2)[nH]1. The lowest BCUT2D eigenvalue weighted by atomic mass is 9.97. The molecule has 1 aromatic rings. The van der Waals surface area contributed by atoms with Crippen LogP contribution in [0, 0.1) is 0 Å². The first-order valence-electron chi connectivity index (χ1n) is 6.94. The zero-order valence-electron chi connectivity index (χ0n) is 11.5. The molecule has 1 heterocycles. The van der Waals surface area contributed by atoms with Gasteiger partial charge in [-0.3, -0.25) is 0 Å². The molecule has 0 fully saturated rings. The second-order valence-electron chi connectivity index (χ2n) is 4.92. The summed E-state index contributed by atoms with van der Waals surface area (Å²) in [6.07, 6.45) is 8.70. The first-order valence-corrected chi connectivity index (χ1v) is 6.94. The Morgan fingerprint density at radius 1 is 1.42 bits per heavy atom. The Labute approximate surface area is 114 Å². The summed E-state index contributed by atoms with van der Waals surface area (Å²) in [6, 6.07) is 3.67. The highest BCUT2D eigenvalue weighted by atomic mass is 16.5. The number of allylic oxidation sites excluding steroid dienone is 1. The van der Waals surface area contributed by atoms with E-state index < -0.39 is 0 Å². The van der Waals surface area contributed by atoms with Crippen molar-refractivity contribution < 1.29 is 9.53 Å². The van der Waals surface area contributed by atoms with Gasteiger partial charge in [0.25, 0.3) is 0 Å². The van der Waals surface area contributed by atoms with Crippen molar-refractivity contribution in [3.8, 4) is 0 Å². The zero-order valence-corrected chi connectivity index (χ0v) is 11.5. The molecule has 0 saturated heterocycles. The number of aromatic nitrogens is 1. The van der Waals surface area contributed by atoms with Gasteiger partial charge in [-0.15, -0.1) is 0 Å². The van der Waals surface area contributed by atoms with E-state index >= 15 is 0 Å². The summed E-state index contributed by atoms with van der Waals surface area (Å²) in [4.78, 5) is 14.3. The molecule has 0 atom stereocenters. The van der Waals surface area contributed by atoms with Crippen LogP contribution in [0.15, 0.2) is 23.8 Å². The highest BCUT2D eigenvalue weighted by molar-refractivity contribution is 5.87. The lowest BCUT2D eigenvalue weighted by Crippen LogP contribution is -2.16. The zero-order chi connectivity index (χ0) is 13.5. The number of rotatable bonds is 6. The van der Waals surface area contributed by atoms with Crippen LogP contribution in [0.3, 0.4) is 0 Å². The summed E-state index contributed by atoms with van der Waals surface area (Å²) < 4.78 is 4.66. The molecular formula is C15H22N2O2. The van der Waals surface area contributed by atoms with E-state index in [1.165, 1.54) is 32.8 Å². The highest BCUT2D eigenvalue weighted by Gasteiger charge is 2.07. The average Bonchev–Trinajstić information content (AvgIpc) is 2.93. The number of hydrogen-bond acceptors (Lipinski definition) is 3. The molecule has 1 aliphatic rings. The Kier molecular flexibility index (Phi) is 5.21. The summed E-state index contributed by atoms with van der Waals surface area (Å²) in [6.45, 7) is 1.74. The molecule has 0 radical (unpaired) electrons. The number of carbonyl (C=O) groups excluding carboxylic acids is 1. The quantitative estimate of drug-likeness (QED) is 0.471. The summed E-state index contributed by atoms with van der Waals surface area (Å²) in [5.74, 6) is -0.321. The molecule has 0 saturated carbocycles. The normalized spacial score (nSPS) is 15.1. The molecular weight excluding hydrogens is 240 g/mol. The number of carbonyl (C=O) groups is 1. The molecule has 19 heavy (non-hydrogen) atoms. The fourth-order valence-electron chi connectivity index (χ4n) is 2.38. The van der Waals surface area contributed by atoms with Gasteiger partial charge >= 0.3 is 5.97 Å². The summed E-state index contributed by atoms with van der Waals surface area (Å²) in [7, 11) is 1.39. The maximum absolute atomic E-state index is 11.3. The van der Waals surface area contributed by atoms with Crippen LogP contribution in [0.1, 0.15) is 48.3 Å². The average molecular weight is 262 g/mol. The second kappa shape index (κ2) is 7.14. The lowest BCUT2D eigenvalue weighted by Gasteiger charge is -2.12. The standard InChI is InChI=1S/C15H22N2O2/c1-19-15(18)14-8-7-13(17-14)11-16-10-9-12-5-3-2-4-6-12/h5,7-8,16-17H,2-4,6,9-11H2,1H3. The van der Waals surface area contributed by atoms with Crippen LogP contribution in [0.4, 0.5) is 0 Å². The summed E-state index contributed by atoms with van der Waals surface area (Å²) in [5.41, 5.74) is 3.10. The van der Waals surface area contributed by atoms with Gasteiger partial charge in [-0.05, 0) is 50.8 Å². The molecule has 2 rings (SSSR count). The molecule has 0 unspecified atom stereocenters. The van der Waals surface area contributed by atoms with Crippen molar-refractivity contribution in [2.24, 2.45) is 0 Å². The Balaban J connectivity index is 1.69. The topological polar surface area (TPSA) is 54.1 Å². The molecule has 1 aliphatic carbocycles. The third kappa shape index (κ3) is 4.24. The van der Waals surface area contributed by atoms with Crippen LogP contribution < -0.4 is 5.32 Å². The van der Waals surface area contributed by atoms with Gasteiger partial charge in [0.05, 0.1) is 7.11 Å². The Bertz CT molecular complexity index is 449. The molecule has 1 aromatic heterocycles. The van der Waals surface area contributed by atoms with Gasteiger partial charge in [-0.25, -0.2) is 4.79 Å². The van der Waals surface area contributed by atoms with Crippen LogP contribution in [0.2, 0.25) is 0 Å². The predicted molar refractivity (Wildman–Crippen MR) is 75.0 cm³/mol. The fraction of sp³-hybridized carbons (Fsp3) is 0.533. The molecule has 4 heteroatoms. The van der Waals surface area contributed by atoms with Gasteiger partial charge < -0.3 is 15.0 Å². The van der Waals surface area contributed by atoms with E-state index in [0.29, 0.717) is 5.69 Å². The first-order chi connectivity index (χ1) is 9.29. The van der Waals surface area contributed by atoms with E-state index in [1.54, 1.807) is 11.6 Å². The van der Waals surface area contributed by atoms with Crippen molar-refractivity contribution in [2.75, 3.05) is 13.7 Å². The number of H-pyrrole nitrogens is 1. The maximum atomic E-state index is 11.3. The van der Waals surface area contributed by atoms with Crippen molar-refractivity contribution in [3.63, 3.8) is 0 Å². The molecule has 2 N–H and O–H groups in total. The van der Waals surface area contributed by atoms with Gasteiger partial charge in [-0.2, -0.15) is 0 Å². The minimum Gasteiger partial charge on any atom is -0.464 e. The van der Waals surface area contributed by atoms with Gasteiger partial charge in [0, 0.05) is 12.2 Å². The Morgan fingerprint density at radius 3 is 3.05 bits per heavy atom. The number of aromatic amines is 1. The van der Waals surface area contributed by atoms with Crippen LogP contribution in [-0.2, 0) is 11.3 Å². The van der Waals surface area contributed by atoms with Crippen molar-refractivity contribution in [1.82, 2.24) is 10.3 Å². The van der Waals surface area contributed by atoms with Gasteiger partial charge in [0.1, 0.15) is 5.69 Å². The predicted octanol–water partition coefficient (Wildman–Crippen LogP) is 2.78.